The monoisotopic (exact) mass is 347 g/mol. The lowest BCUT2D eigenvalue weighted by Gasteiger charge is -2.10. The number of nitrogens with zero attached hydrogens (tertiary/aromatic N) is 3. The average molecular weight is 347 g/mol. The number of hydrogen-bond donors (Lipinski definition) is 2. The van der Waals surface area contributed by atoms with Crippen LogP contribution in [0.15, 0.2) is 23.4 Å². The first-order chi connectivity index (χ1) is 11.6. The van der Waals surface area contributed by atoms with Gasteiger partial charge in [-0.15, -0.1) is 16.6 Å². The number of benzene rings is 1. The molecule has 126 valence electrons. The van der Waals surface area contributed by atoms with Crippen LogP contribution in [0, 0.1) is 12.3 Å². The number of terminal acetylenes is 1. The molecule has 0 fully saturated rings. The zero-order valence-corrected chi connectivity index (χ0v) is 14.1. The van der Waals surface area contributed by atoms with Gasteiger partial charge < -0.3 is 20.6 Å². The Bertz CT molecular complexity index is 769. The van der Waals surface area contributed by atoms with Crippen LogP contribution in [0.2, 0.25) is 0 Å². The predicted octanol–water partition coefficient (Wildman–Crippen LogP) is 0.518. The maximum Gasteiger partial charge on any atom is 0.231 e. The van der Waals surface area contributed by atoms with E-state index >= 15 is 0 Å². The number of ether oxygens (including phenoxy) is 2. The number of carbonyl (C=O) groups is 1. The van der Waals surface area contributed by atoms with E-state index in [1.54, 1.807) is 32.4 Å². The average Bonchev–Trinajstić information content (AvgIpc) is 2.97. The van der Waals surface area contributed by atoms with E-state index in [0.717, 1.165) is 11.8 Å². The van der Waals surface area contributed by atoms with Gasteiger partial charge in [0.05, 0.1) is 32.1 Å². The first-order valence-corrected chi connectivity index (χ1v) is 7.85. The Hall–Kier alpha value is -2.86. The summed E-state index contributed by atoms with van der Waals surface area (Å²) < 4.78 is 11.8. The molecule has 0 unspecified atom stereocenters. The molecular formula is C15H17N5O3S. The van der Waals surface area contributed by atoms with Crippen molar-refractivity contribution in [3.63, 3.8) is 0 Å². The number of amides is 1. The van der Waals surface area contributed by atoms with Gasteiger partial charge in [-0.1, -0.05) is 17.7 Å². The molecule has 9 heteroatoms. The number of rotatable bonds is 7. The van der Waals surface area contributed by atoms with E-state index in [-0.39, 0.29) is 18.2 Å². The summed E-state index contributed by atoms with van der Waals surface area (Å²) in [7, 11) is 3.11. The lowest BCUT2D eigenvalue weighted by atomic mass is 10.2. The Balaban J connectivity index is 2.18. The van der Waals surface area contributed by atoms with Crippen LogP contribution < -0.4 is 20.6 Å². The zero-order valence-electron chi connectivity index (χ0n) is 13.3. The van der Waals surface area contributed by atoms with Crippen LogP contribution in [0.25, 0.3) is 11.4 Å². The summed E-state index contributed by atoms with van der Waals surface area (Å²) in [5, 5.41) is 11.0. The van der Waals surface area contributed by atoms with Gasteiger partial charge in [-0.2, -0.15) is 0 Å². The molecule has 2 aromatic rings. The maximum absolute atomic E-state index is 11.6. The van der Waals surface area contributed by atoms with E-state index in [1.807, 2.05) is 0 Å². The summed E-state index contributed by atoms with van der Waals surface area (Å²) in [4.78, 5) is 11.6. The van der Waals surface area contributed by atoms with E-state index < -0.39 is 0 Å². The molecule has 8 nitrogen and oxygen atoms in total. The molecule has 1 heterocycles. The molecule has 1 aromatic carbocycles. The van der Waals surface area contributed by atoms with Gasteiger partial charge in [0.2, 0.25) is 11.1 Å². The Morgan fingerprint density at radius 3 is 2.88 bits per heavy atom. The van der Waals surface area contributed by atoms with Crippen molar-refractivity contribution in [1.29, 1.82) is 0 Å². The molecule has 2 rings (SSSR count). The number of aromatic nitrogens is 3. The number of nitrogens with two attached hydrogens (primary N) is 1. The van der Waals surface area contributed by atoms with Crippen LogP contribution in [0.3, 0.4) is 0 Å². The van der Waals surface area contributed by atoms with E-state index in [2.05, 4.69) is 21.4 Å². The number of nitrogens with one attached hydrogen (secondary N) is 1. The molecule has 0 saturated carbocycles. The van der Waals surface area contributed by atoms with Gasteiger partial charge in [0.25, 0.3) is 0 Å². The fourth-order valence-electron chi connectivity index (χ4n) is 1.87. The third kappa shape index (κ3) is 3.91. The van der Waals surface area contributed by atoms with Crippen LogP contribution in [-0.2, 0) is 4.79 Å². The van der Waals surface area contributed by atoms with Gasteiger partial charge >= 0.3 is 0 Å². The van der Waals surface area contributed by atoms with Crippen LogP contribution >= 0.6 is 11.8 Å². The van der Waals surface area contributed by atoms with Crippen molar-refractivity contribution in [2.75, 3.05) is 32.4 Å². The molecule has 0 aliphatic rings. The smallest absolute Gasteiger partial charge is 0.231 e. The second-order valence-electron chi connectivity index (χ2n) is 4.51. The predicted molar refractivity (Wildman–Crippen MR) is 91.3 cm³/mol. The van der Waals surface area contributed by atoms with Crippen LogP contribution in [-0.4, -0.2) is 47.3 Å². The van der Waals surface area contributed by atoms with Gasteiger partial charge in [0, 0.05) is 6.07 Å². The van der Waals surface area contributed by atoms with Crippen LogP contribution in [0.1, 0.15) is 0 Å². The summed E-state index contributed by atoms with van der Waals surface area (Å²) in [6, 6.07) is 5.27. The first kappa shape index (κ1) is 17.5. The number of methoxy groups -OCH3 is 2. The summed E-state index contributed by atoms with van der Waals surface area (Å²) in [6.45, 7) is 0.184. The third-order valence-electron chi connectivity index (χ3n) is 3.03. The van der Waals surface area contributed by atoms with Gasteiger partial charge in [0.1, 0.15) is 11.5 Å². The van der Waals surface area contributed by atoms with Crippen molar-refractivity contribution in [1.82, 2.24) is 20.2 Å². The molecule has 0 saturated heterocycles. The van der Waals surface area contributed by atoms with Crippen LogP contribution in [0.4, 0.5) is 0 Å². The first-order valence-electron chi connectivity index (χ1n) is 6.86. The molecule has 0 aliphatic carbocycles. The molecule has 0 spiro atoms. The quantitative estimate of drug-likeness (QED) is 0.427. The second kappa shape index (κ2) is 8.12. The van der Waals surface area contributed by atoms with Crippen molar-refractivity contribution in [3.8, 4) is 35.2 Å². The van der Waals surface area contributed by atoms with E-state index in [4.69, 9.17) is 21.7 Å². The van der Waals surface area contributed by atoms with Crippen molar-refractivity contribution < 1.29 is 14.3 Å². The minimum atomic E-state index is -0.204. The van der Waals surface area contributed by atoms with Crippen molar-refractivity contribution in [2.45, 2.75) is 5.16 Å². The minimum Gasteiger partial charge on any atom is -0.497 e. The molecule has 3 N–H and O–H groups in total. The number of carbonyl (C=O) groups excluding carboxylic acids is 1. The Morgan fingerprint density at radius 2 is 2.21 bits per heavy atom. The third-order valence-corrected chi connectivity index (χ3v) is 3.98. The molecular weight excluding hydrogens is 330 g/mol. The maximum atomic E-state index is 11.6. The molecule has 1 amide bonds. The van der Waals surface area contributed by atoms with Crippen LogP contribution in [0.5, 0.6) is 11.5 Å². The van der Waals surface area contributed by atoms with Gasteiger partial charge in [-0.3, -0.25) is 4.79 Å². The summed E-state index contributed by atoms with van der Waals surface area (Å²) in [5.74, 6) is 9.92. The fraction of sp³-hybridized carbons (Fsp3) is 0.267. The number of nitrogen functional groups attached to an aromatic ring is 1. The van der Waals surface area contributed by atoms with E-state index in [1.165, 1.54) is 4.68 Å². The Morgan fingerprint density at radius 1 is 1.42 bits per heavy atom. The lowest BCUT2D eigenvalue weighted by molar-refractivity contribution is -0.118. The SMILES string of the molecule is C#CCNC(=O)CSc1nnc(-c2ccc(OC)cc2OC)n1N. The van der Waals surface area contributed by atoms with Crippen molar-refractivity contribution in [3.05, 3.63) is 18.2 Å². The highest BCUT2D eigenvalue weighted by molar-refractivity contribution is 7.99. The Kier molecular flexibility index (Phi) is 5.92. The summed E-state index contributed by atoms with van der Waals surface area (Å²) in [5.41, 5.74) is 0.664. The zero-order chi connectivity index (χ0) is 17.5. The standard InChI is InChI=1S/C15H17N5O3S/c1-4-7-17-13(21)9-24-15-19-18-14(20(15)16)11-6-5-10(22-2)8-12(11)23-3/h1,5-6,8H,7,9,16H2,2-3H3,(H,17,21). The van der Waals surface area contributed by atoms with Crippen molar-refractivity contribution >= 4 is 17.7 Å². The highest BCUT2D eigenvalue weighted by Crippen LogP contribution is 2.32. The molecule has 0 bridgehead atoms. The summed E-state index contributed by atoms with van der Waals surface area (Å²) >= 11 is 1.16. The van der Waals surface area contributed by atoms with E-state index in [0.29, 0.717) is 28.0 Å². The normalized spacial score (nSPS) is 10.0. The molecule has 0 aliphatic heterocycles. The highest BCUT2D eigenvalue weighted by Gasteiger charge is 2.17. The summed E-state index contributed by atoms with van der Waals surface area (Å²) in [6.07, 6.45) is 5.09. The topological polar surface area (TPSA) is 104 Å². The second-order valence-corrected chi connectivity index (χ2v) is 5.45. The van der Waals surface area contributed by atoms with Gasteiger partial charge in [-0.05, 0) is 12.1 Å². The fourth-order valence-corrected chi connectivity index (χ4v) is 2.56. The lowest BCUT2D eigenvalue weighted by Crippen LogP contribution is -2.25. The molecule has 1 aromatic heterocycles. The number of thioether (sulfide) groups is 1. The van der Waals surface area contributed by atoms with Gasteiger partial charge in [0.15, 0.2) is 5.82 Å². The van der Waals surface area contributed by atoms with Gasteiger partial charge in [-0.25, -0.2) is 4.68 Å². The van der Waals surface area contributed by atoms with E-state index in [9.17, 15) is 4.79 Å². The Labute approximate surface area is 143 Å². The van der Waals surface area contributed by atoms with Crippen molar-refractivity contribution in [2.24, 2.45) is 0 Å². The largest absolute Gasteiger partial charge is 0.497 e. The molecule has 0 atom stereocenters. The minimum absolute atomic E-state index is 0.136. The molecule has 24 heavy (non-hydrogen) atoms. The highest BCUT2D eigenvalue weighted by atomic mass is 32.2. The molecule has 0 radical (unpaired) electrons. The number of hydrogen-bond acceptors (Lipinski definition) is 7.